The van der Waals surface area contributed by atoms with Gasteiger partial charge in [0, 0.05) is 31.3 Å². The third-order valence-corrected chi connectivity index (χ3v) is 8.05. The van der Waals surface area contributed by atoms with Crippen molar-refractivity contribution in [2.75, 3.05) is 46.4 Å². The van der Waals surface area contributed by atoms with Crippen LogP contribution in [0.25, 0.3) is 0 Å². The fourth-order valence-electron chi connectivity index (χ4n) is 5.53. The van der Waals surface area contributed by atoms with E-state index in [0.717, 1.165) is 48.1 Å². The van der Waals surface area contributed by atoms with Crippen molar-refractivity contribution in [1.82, 2.24) is 15.9 Å². The summed E-state index contributed by atoms with van der Waals surface area (Å²) in [5, 5.41) is 2.45. The molecule has 2 N–H and O–H groups in total. The molecule has 0 aromatic rings. The topological polar surface area (TPSA) is 36.5 Å². The van der Waals surface area contributed by atoms with E-state index < -0.39 is 0 Å². The summed E-state index contributed by atoms with van der Waals surface area (Å²) in [5.74, 6) is 2.44. The van der Waals surface area contributed by atoms with E-state index in [2.05, 4.69) is 57.5 Å². The summed E-state index contributed by atoms with van der Waals surface area (Å²) in [5.41, 5.74) is 8.34. The SMILES string of the molecule is CC(C)(C)C1CN[N+](C)(C2CC2CC(C)(C)C2CNN(C3COC3)C2)C1. The zero-order valence-electron chi connectivity index (χ0n) is 17.8. The van der Waals surface area contributed by atoms with Crippen molar-refractivity contribution in [3.63, 3.8) is 0 Å². The number of quaternary nitrogens is 1. The number of rotatable bonds is 5. The standard InChI is InChI=1S/C21H41N4O/c1-20(2,3)17-10-23-25(6,12-17)19-7-15(19)8-21(4,5)16-9-22-24(11-16)18-13-26-14-18/h15-19,22-23H,7-14H2,1-6H3/q+1. The Kier molecular flexibility index (Phi) is 4.72. The van der Waals surface area contributed by atoms with Crippen molar-refractivity contribution in [3.05, 3.63) is 0 Å². The molecule has 0 spiro atoms. The van der Waals surface area contributed by atoms with Gasteiger partial charge in [0.2, 0.25) is 0 Å². The Labute approximate surface area is 160 Å². The molecule has 5 heteroatoms. The van der Waals surface area contributed by atoms with Gasteiger partial charge in [-0.3, -0.25) is 5.43 Å². The highest BCUT2D eigenvalue weighted by molar-refractivity contribution is 4.97. The van der Waals surface area contributed by atoms with Gasteiger partial charge in [0.25, 0.3) is 0 Å². The molecule has 0 bridgehead atoms. The zero-order valence-corrected chi connectivity index (χ0v) is 17.8. The molecule has 3 saturated heterocycles. The highest BCUT2D eigenvalue weighted by Gasteiger charge is 2.57. The molecule has 5 atom stereocenters. The summed E-state index contributed by atoms with van der Waals surface area (Å²) in [6.45, 7) is 18.8. The van der Waals surface area contributed by atoms with Crippen molar-refractivity contribution in [1.29, 1.82) is 0 Å². The summed E-state index contributed by atoms with van der Waals surface area (Å²) in [6, 6.07) is 1.43. The maximum Gasteiger partial charge on any atom is 0.110 e. The van der Waals surface area contributed by atoms with Gasteiger partial charge in [-0.2, -0.15) is 5.43 Å². The number of ether oxygens (including phenoxy) is 1. The summed E-state index contributed by atoms with van der Waals surface area (Å²) >= 11 is 0. The third-order valence-electron chi connectivity index (χ3n) is 8.05. The Balaban J connectivity index is 1.30. The van der Waals surface area contributed by atoms with Crippen LogP contribution in [0.5, 0.6) is 0 Å². The fraction of sp³-hybridized carbons (Fsp3) is 1.00. The average Bonchev–Trinajstić information content (AvgIpc) is 2.91. The first kappa shape index (κ1) is 19.1. The van der Waals surface area contributed by atoms with Crippen LogP contribution in [0.15, 0.2) is 0 Å². The van der Waals surface area contributed by atoms with E-state index >= 15 is 0 Å². The lowest BCUT2D eigenvalue weighted by Crippen LogP contribution is -2.53. The molecule has 1 aliphatic carbocycles. The van der Waals surface area contributed by atoms with Gasteiger partial charge in [-0.1, -0.05) is 34.6 Å². The predicted octanol–water partition coefficient (Wildman–Crippen LogP) is 2.25. The van der Waals surface area contributed by atoms with E-state index in [1.54, 1.807) is 0 Å². The summed E-state index contributed by atoms with van der Waals surface area (Å²) in [7, 11) is 2.44. The predicted molar refractivity (Wildman–Crippen MR) is 105 cm³/mol. The molecule has 5 nitrogen and oxygen atoms in total. The van der Waals surface area contributed by atoms with Crippen LogP contribution >= 0.6 is 0 Å². The van der Waals surface area contributed by atoms with E-state index in [9.17, 15) is 0 Å². The summed E-state index contributed by atoms with van der Waals surface area (Å²) < 4.78 is 6.47. The molecule has 4 fully saturated rings. The monoisotopic (exact) mass is 365 g/mol. The van der Waals surface area contributed by atoms with E-state index in [4.69, 9.17) is 4.74 Å². The molecular formula is C21H41N4O+. The quantitative estimate of drug-likeness (QED) is 0.733. The molecule has 0 aromatic carbocycles. The average molecular weight is 366 g/mol. The van der Waals surface area contributed by atoms with Crippen LogP contribution in [0.4, 0.5) is 0 Å². The Morgan fingerprint density at radius 2 is 1.81 bits per heavy atom. The Morgan fingerprint density at radius 3 is 2.38 bits per heavy atom. The maximum atomic E-state index is 5.37. The van der Waals surface area contributed by atoms with Crippen LogP contribution in [0.2, 0.25) is 0 Å². The highest BCUT2D eigenvalue weighted by atomic mass is 16.5. The van der Waals surface area contributed by atoms with Crippen LogP contribution < -0.4 is 10.9 Å². The van der Waals surface area contributed by atoms with E-state index in [0.29, 0.717) is 16.9 Å². The van der Waals surface area contributed by atoms with Crippen LogP contribution in [0.1, 0.15) is 47.5 Å². The number of hydrazine groups is 1. The second-order valence-electron chi connectivity index (χ2n) is 11.5. The molecule has 0 amide bonds. The molecular weight excluding hydrogens is 324 g/mol. The minimum Gasteiger partial charge on any atom is -0.378 e. The van der Waals surface area contributed by atoms with E-state index in [1.165, 1.54) is 32.5 Å². The molecule has 4 rings (SSSR count). The maximum absolute atomic E-state index is 5.37. The molecule has 3 heterocycles. The lowest BCUT2D eigenvalue weighted by Gasteiger charge is -2.36. The second-order valence-corrected chi connectivity index (χ2v) is 11.5. The minimum absolute atomic E-state index is 0.411. The summed E-state index contributed by atoms with van der Waals surface area (Å²) in [6.07, 6.45) is 2.78. The number of nitrogens with one attached hydrogen (secondary N) is 2. The normalized spacial score (nSPS) is 42.2. The zero-order chi connectivity index (χ0) is 18.7. The highest BCUT2D eigenvalue weighted by Crippen LogP contribution is 2.50. The van der Waals surface area contributed by atoms with Crippen LogP contribution in [-0.4, -0.2) is 68.1 Å². The summed E-state index contributed by atoms with van der Waals surface area (Å²) in [4.78, 5) is 0. The van der Waals surface area contributed by atoms with Crippen molar-refractivity contribution < 1.29 is 9.33 Å². The largest absolute Gasteiger partial charge is 0.378 e. The Bertz CT molecular complexity index is 527. The van der Waals surface area contributed by atoms with Crippen molar-refractivity contribution in [3.8, 4) is 0 Å². The molecule has 150 valence electrons. The number of nitrogens with zero attached hydrogens (tertiary/aromatic N) is 2. The lowest BCUT2D eigenvalue weighted by atomic mass is 9.75. The Hall–Kier alpha value is -0.200. The fourth-order valence-corrected chi connectivity index (χ4v) is 5.53. The Morgan fingerprint density at radius 1 is 1.08 bits per heavy atom. The van der Waals surface area contributed by atoms with Crippen LogP contribution in [0.3, 0.4) is 0 Å². The van der Waals surface area contributed by atoms with Crippen molar-refractivity contribution in [2.45, 2.75) is 59.5 Å². The number of hydrogen-bond donors (Lipinski definition) is 2. The lowest BCUT2D eigenvalue weighted by molar-refractivity contribution is -0.952. The first-order valence-electron chi connectivity index (χ1n) is 10.8. The van der Waals surface area contributed by atoms with Gasteiger partial charge in [0.15, 0.2) is 0 Å². The van der Waals surface area contributed by atoms with Crippen molar-refractivity contribution >= 4 is 0 Å². The van der Waals surface area contributed by atoms with E-state index in [-0.39, 0.29) is 0 Å². The van der Waals surface area contributed by atoms with Gasteiger partial charge >= 0.3 is 0 Å². The van der Waals surface area contributed by atoms with Gasteiger partial charge < -0.3 is 4.74 Å². The molecule has 5 unspecified atom stereocenters. The molecule has 1 saturated carbocycles. The van der Waals surface area contributed by atoms with Crippen LogP contribution in [-0.2, 0) is 4.74 Å². The van der Waals surface area contributed by atoms with E-state index in [1.807, 2.05) is 0 Å². The molecule has 3 aliphatic heterocycles. The van der Waals surface area contributed by atoms with Gasteiger partial charge in [-0.25, -0.2) is 9.60 Å². The first-order valence-corrected chi connectivity index (χ1v) is 10.8. The molecule has 0 radical (unpaired) electrons. The third kappa shape index (κ3) is 3.58. The van der Waals surface area contributed by atoms with Gasteiger partial charge in [-0.05, 0) is 23.2 Å². The smallest absolute Gasteiger partial charge is 0.110 e. The minimum atomic E-state index is 0.411. The second kappa shape index (κ2) is 6.41. The molecule has 26 heavy (non-hydrogen) atoms. The number of hydrogen-bond acceptors (Lipinski definition) is 4. The molecule has 4 aliphatic rings. The van der Waals surface area contributed by atoms with Gasteiger partial charge in [-0.15, -0.1) is 0 Å². The van der Waals surface area contributed by atoms with Gasteiger partial charge in [0.1, 0.15) is 12.6 Å². The van der Waals surface area contributed by atoms with Gasteiger partial charge in [0.05, 0.1) is 32.8 Å². The van der Waals surface area contributed by atoms with Crippen LogP contribution in [0, 0.1) is 28.6 Å². The first-order chi connectivity index (χ1) is 12.1. The van der Waals surface area contributed by atoms with Crippen molar-refractivity contribution in [2.24, 2.45) is 28.6 Å². The molecule has 0 aromatic heterocycles.